The van der Waals surface area contributed by atoms with Gasteiger partial charge in [-0.1, -0.05) is 0 Å². The summed E-state index contributed by atoms with van der Waals surface area (Å²) in [6.07, 6.45) is 3.76. The van der Waals surface area contributed by atoms with Crippen LogP contribution in [0.15, 0.2) is 30.6 Å². The maximum Gasteiger partial charge on any atom is 0.262 e. The van der Waals surface area contributed by atoms with Crippen molar-refractivity contribution in [3.05, 3.63) is 36.2 Å². The molecule has 1 aromatic carbocycles. The molecule has 0 saturated carbocycles. The topological polar surface area (TPSA) is 97.3 Å². The van der Waals surface area contributed by atoms with Gasteiger partial charge >= 0.3 is 0 Å². The first-order valence-corrected chi connectivity index (χ1v) is 8.17. The predicted octanol–water partition coefficient (Wildman–Crippen LogP) is 1.11. The Kier molecular flexibility index (Phi) is 5.15. The molecule has 2 atom stereocenters. The highest BCUT2D eigenvalue weighted by Gasteiger charge is 2.34. The molecule has 4 rings (SSSR count). The van der Waals surface area contributed by atoms with Gasteiger partial charge in [0.2, 0.25) is 5.91 Å². The van der Waals surface area contributed by atoms with Crippen LogP contribution >= 0.6 is 12.4 Å². The average molecular weight is 378 g/mol. The van der Waals surface area contributed by atoms with Gasteiger partial charge in [-0.25, -0.2) is 0 Å². The SMILES string of the molecule is Cl.Cn1cc([C@H]2CNC[C@@H]2C(=O)Nc2ccc3c(c2)OCC(=O)N3)cn1. The van der Waals surface area contributed by atoms with Gasteiger partial charge in [0, 0.05) is 44.0 Å². The van der Waals surface area contributed by atoms with Crippen LogP contribution in [-0.4, -0.2) is 41.3 Å². The van der Waals surface area contributed by atoms with E-state index < -0.39 is 0 Å². The lowest BCUT2D eigenvalue weighted by atomic mass is 9.90. The molecule has 2 aliphatic rings. The highest BCUT2D eigenvalue weighted by Crippen LogP contribution is 2.32. The number of rotatable bonds is 3. The number of amides is 2. The summed E-state index contributed by atoms with van der Waals surface area (Å²) < 4.78 is 7.14. The number of nitrogens with one attached hydrogen (secondary N) is 3. The van der Waals surface area contributed by atoms with E-state index >= 15 is 0 Å². The lowest BCUT2D eigenvalue weighted by Gasteiger charge is -2.20. The normalized spacial score (nSPS) is 21.2. The van der Waals surface area contributed by atoms with Crippen molar-refractivity contribution in [1.82, 2.24) is 15.1 Å². The fraction of sp³-hybridized carbons (Fsp3) is 0.353. The Labute approximate surface area is 156 Å². The molecule has 1 aromatic heterocycles. The molecule has 3 heterocycles. The smallest absolute Gasteiger partial charge is 0.262 e. The van der Waals surface area contributed by atoms with Crippen molar-refractivity contribution in [1.29, 1.82) is 0 Å². The zero-order valence-corrected chi connectivity index (χ0v) is 15.0. The predicted molar refractivity (Wildman–Crippen MR) is 98.8 cm³/mol. The molecule has 0 unspecified atom stereocenters. The Morgan fingerprint density at radius 3 is 3.00 bits per heavy atom. The molecule has 1 fully saturated rings. The van der Waals surface area contributed by atoms with E-state index in [9.17, 15) is 9.59 Å². The summed E-state index contributed by atoms with van der Waals surface area (Å²) in [5, 5.41) is 13.2. The van der Waals surface area contributed by atoms with Crippen LogP contribution in [0, 0.1) is 5.92 Å². The number of nitrogens with zero attached hydrogens (tertiary/aromatic N) is 2. The molecular weight excluding hydrogens is 358 g/mol. The zero-order valence-electron chi connectivity index (χ0n) is 14.2. The first-order valence-electron chi connectivity index (χ1n) is 8.17. The first kappa shape index (κ1) is 18.2. The molecule has 1 saturated heterocycles. The fourth-order valence-corrected chi connectivity index (χ4v) is 3.32. The number of halogens is 1. The van der Waals surface area contributed by atoms with Crippen molar-refractivity contribution in [3.8, 4) is 5.75 Å². The highest BCUT2D eigenvalue weighted by atomic mass is 35.5. The van der Waals surface area contributed by atoms with Crippen LogP contribution in [0.4, 0.5) is 11.4 Å². The van der Waals surface area contributed by atoms with Gasteiger partial charge < -0.3 is 20.7 Å². The summed E-state index contributed by atoms with van der Waals surface area (Å²) in [7, 11) is 1.87. The molecule has 9 heteroatoms. The maximum absolute atomic E-state index is 12.7. The number of hydrogen-bond donors (Lipinski definition) is 3. The molecule has 0 spiro atoms. The second-order valence-electron chi connectivity index (χ2n) is 6.36. The lowest BCUT2D eigenvalue weighted by Crippen LogP contribution is -2.28. The minimum absolute atomic E-state index is 0. The zero-order chi connectivity index (χ0) is 17.4. The minimum atomic E-state index is -0.180. The summed E-state index contributed by atoms with van der Waals surface area (Å²) in [4.78, 5) is 24.1. The molecule has 3 N–H and O–H groups in total. The Morgan fingerprint density at radius 2 is 2.23 bits per heavy atom. The molecule has 8 nitrogen and oxygen atoms in total. The number of aromatic nitrogens is 2. The van der Waals surface area contributed by atoms with Crippen LogP contribution in [-0.2, 0) is 16.6 Å². The van der Waals surface area contributed by atoms with Gasteiger partial charge in [-0.3, -0.25) is 14.3 Å². The molecular formula is C17H20ClN5O3. The third kappa shape index (κ3) is 3.51. The largest absolute Gasteiger partial charge is 0.482 e. The summed E-state index contributed by atoms with van der Waals surface area (Å²) in [6.45, 7) is 1.37. The number of aryl methyl sites for hydroxylation is 1. The number of fused-ring (bicyclic) bond motifs is 1. The van der Waals surface area contributed by atoms with Gasteiger partial charge in [0.05, 0.1) is 17.8 Å². The highest BCUT2D eigenvalue weighted by molar-refractivity contribution is 5.97. The van der Waals surface area contributed by atoms with Crippen LogP contribution in [0.1, 0.15) is 11.5 Å². The molecule has 138 valence electrons. The summed E-state index contributed by atoms with van der Waals surface area (Å²) in [5.41, 5.74) is 2.32. The van der Waals surface area contributed by atoms with Crippen molar-refractivity contribution in [2.45, 2.75) is 5.92 Å². The van der Waals surface area contributed by atoms with Gasteiger partial charge in [0.15, 0.2) is 6.61 Å². The van der Waals surface area contributed by atoms with Crippen LogP contribution in [0.2, 0.25) is 0 Å². The lowest BCUT2D eigenvalue weighted by molar-refractivity contribution is -0.120. The monoisotopic (exact) mass is 377 g/mol. The maximum atomic E-state index is 12.7. The molecule has 2 aliphatic heterocycles. The molecule has 26 heavy (non-hydrogen) atoms. The Bertz CT molecular complexity index is 838. The molecule has 0 bridgehead atoms. The first-order chi connectivity index (χ1) is 12.1. The van der Waals surface area contributed by atoms with Gasteiger partial charge in [-0.2, -0.15) is 5.10 Å². The van der Waals surface area contributed by atoms with Crippen LogP contribution in [0.3, 0.4) is 0 Å². The van der Waals surface area contributed by atoms with E-state index in [1.165, 1.54) is 0 Å². The van der Waals surface area contributed by atoms with Crippen LogP contribution in [0.25, 0.3) is 0 Å². The van der Waals surface area contributed by atoms with E-state index in [1.54, 1.807) is 22.9 Å². The molecule has 2 aromatic rings. The summed E-state index contributed by atoms with van der Waals surface area (Å²) in [5.74, 6) is 0.271. The number of hydrogen-bond acceptors (Lipinski definition) is 5. The summed E-state index contributed by atoms with van der Waals surface area (Å²) >= 11 is 0. The second-order valence-corrected chi connectivity index (χ2v) is 6.36. The number of benzene rings is 1. The van der Waals surface area contributed by atoms with E-state index in [-0.39, 0.29) is 42.7 Å². The van der Waals surface area contributed by atoms with Gasteiger partial charge in [0.25, 0.3) is 5.91 Å². The third-order valence-corrected chi connectivity index (χ3v) is 4.59. The Morgan fingerprint density at radius 1 is 1.38 bits per heavy atom. The van der Waals surface area contributed by atoms with E-state index in [4.69, 9.17) is 4.74 Å². The molecule has 2 amide bonds. The third-order valence-electron chi connectivity index (χ3n) is 4.59. The molecule has 0 radical (unpaired) electrons. The number of ether oxygens (including phenoxy) is 1. The summed E-state index contributed by atoms with van der Waals surface area (Å²) in [6, 6.07) is 5.22. The van der Waals surface area contributed by atoms with Crippen molar-refractivity contribution < 1.29 is 14.3 Å². The van der Waals surface area contributed by atoms with E-state index in [1.807, 2.05) is 19.4 Å². The number of carbonyl (C=O) groups is 2. The van der Waals surface area contributed by atoms with Crippen molar-refractivity contribution in [3.63, 3.8) is 0 Å². The quantitative estimate of drug-likeness (QED) is 0.744. The van der Waals surface area contributed by atoms with Gasteiger partial charge in [0.1, 0.15) is 5.75 Å². The van der Waals surface area contributed by atoms with Gasteiger partial charge in [-0.15, -0.1) is 12.4 Å². The van der Waals surface area contributed by atoms with Crippen molar-refractivity contribution in [2.24, 2.45) is 13.0 Å². The standard InChI is InChI=1S/C17H19N5O3.ClH/c1-22-8-10(5-19-22)12-6-18-7-13(12)17(24)20-11-2-3-14-15(4-11)25-9-16(23)21-14;/h2-5,8,12-13,18H,6-7,9H2,1H3,(H,20,24)(H,21,23);1H/t12-,13+;/m1./s1. The number of carbonyl (C=O) groups excluding carboxylic acids is 2. The average Bonchev–Trinajstić information content (AvgIpc) is 3.23. The molecule has 0 aliphatic carbocycles. The fourth-order valence-electron chi connectivity index (χ4n) is 3.32. The van der Waals surface area contributed by atoms with E-state index in [2.05, 4.69) is 21.0 Å². The van der Waals surface area contributed by atoms with Crippen molar-refractivity contribution >= 4 is 35.6 Å². The van der Waals surface area contributed by atoms with Crippen molar-refractivity contribution in [2.75, 3.05) is 30.3 Å². The van der Waals surface area contributed by atoms with Crippen LogP contribution in [0.5, 0.6) is 5.75 Å². The number of anilines is 2. The van der Waals surface area contributed by atoms with E-state index in [0.29, 0.717) is 23.7 Å². The van der Waals surface area contributed by atoms with Crippen LogP contribution < -0.4 is 20.7 Å². The second kappa shape index (κ2) is 7.35. The van der Waals surface area contributed by atoms with E-state index in [0.717, 1.165) is 12.1 Å². The minimum Gasteiger partial charge on any atom is -0.482 e. The Hall–Kier alpha value is -2.58. The van der Waals surface area contributed by atoms with Gasteiger partial charge in [-0.05, 0) is 17.7 Å². The Balaban J connectivity index is 0.00000196.